The molecule has 0 aliphatic carbocycles. The van der Waals surface area contributed by atoms with Crippen molar-refractivity contribution in [2.75, 3.05) is 5.32 Å². The number of amides is 2. The Morgan fingerprint density at radius 3 is 2.57 bits per heavy atom. The van der Waals surface area contributed by atoms with E-state index in [0.29, 0.717) is 18.8 Å². The van der Waals surface area contributed by atoms with E-state index in [9.17, 15) is 14.0 Å². The topological polar surface area (TPSA) is 76.0 Å². The van der Waals surface area contributed by atoms with Crippen molar-refractivity contribution in [3.05, 3.63) is 46.9 Å². The third-order valence-electron chi connectivity index (χ3n) is 4.26. The highest BCUT2D eigenvalue weighted by molar-refractivity contribution is 7.98. The maximum absolute atomic E-state index is 13.0. The molecule has 0 atom stereocenters. The van der Waals surface area contributed by atoms with Crippen LogP contribution in [0.3, 0.4) is 0 Å². The van der Waals surface area contributed by atoms with Crippen molar-refractivity contribution < 1.29 is 14.0 Å². The third kappa shape index (κ3) is 5.34. The molecular formula is C20H25FN4O2S. The summed E-state index contributed by atoms with van der Waals surface area (Å²) in [5.74, 6) is 1.56. The Morgan fingerprint density at radius 1 is 1.18 bits per heavy atom. The molecule has 0 saturated carbocycles. The van der Waals surface area contributed by atoms with E-state index in [1.807, 2.05) is 20.8 Å². The molecule has 2 amide bonds. The van der Waals surface area contributed by atoms with Crippen LogP contribution in [0, 0.1) is 11.2 Å². The summed E-state index contributed by atoms with van der Waals surface area (Å²) in [7, 11) is 0. The number of fused-ring (bicyclic) bond motifs is 1. The lowest BCUT2D eigenvalue weighted by Gasteiger charge is -2.18. The fourth-order valence-corrected chi connectivity index (χ4v) is 4.01. The summed E-state index contributed by atoms with van der Waals surface area (Å²) in [5, 5.41) is 10.3. The van der Waals surface area contributed by atoms with Crippen molar-refractivity contribution in [1.82, 2.24) is 15.1 Å². The summed E-state index contributed by atoms with van der Waals surface area (Å²) in [6.45, 7) is 6.35. The number of carbonyl (C=O) groups is 2. The Labute approximate surface area is 168 Å². The van der Waals surface area contributed by atoms with Crippen molar-refractivity contribution in [3.63, 3.8) is 0 Å². The molecule has 0 saturated heterocycles. The van der Waals surface area contributed by atoms with Gasteiger partial charge in [-0.2, -0.15) is 16.9 Å². The van der Waals surface area contributed by atoms with Gasteiger partial charge >= 0.3 is 0 Å². The summed E-state index contributed by atoms with van der Waals surface area (Å²) in [6.07, 6.45) is 0.386. The van der Waals surface area contributed by atoms with Gasteiger partial charge in [-0.3, -0.25) is 9.59 Å². The largest absolute Gasteiger partial charge is 0.350 e. The molecule has 2 heterocycles. The van der Waals surface area contributed by atoms with Gasteiger partial charge in [-0.1, -0.05) is 32.9 Å². The van der Waals surface area contributed by atoms with E-state index >= 15 is 0 Å². The van der Waals surface area contributed by atoms with Crippen LogP contribution in [0.1, 0.15) is 44.0 Å². The monoisotopic (exact) mass is 404 g/mol. The number of anilines is 1. The van der Waals surface area contributed by atoms with Crippen LogP contribution in [-0.4, -0.2) is 21.6 Å². The number of benzene rings is 1. The molecule has 1 aliphatic heterocycles. The van der Waals surface area contributed by atoms with Crippen molar-refractivity contribution in [2.24, 2.45) is 5.41 Å². The summed E-state index contributed by atoms with van der Waals surface area (Å²) >= 11 is 1.74. The van der Waals surface area contributed by atoms with E-state index in [0.717, 1.165) is 28.3 Å². The molecule has 0 fully saturated rings. The summed E-state index contributed by atoms with van der Waals surface area (Å²) in [4.78, 5) is 24.8. The number of hydrogen-bond donors (Lipinski definition) is 2. The Balaban J connectivity index is 1.66. The molecule has 1 aliphatic rings. The number of nitrogens with one attached hydrogen (secondary N) is 2. The molecule has 1 aromatic carbocycles. The van der Waals surface area contributed by atoms with Crippen molar-refractivity contribution in [2.45, 2.75) is 51.8 Å². The zero-order valence-corrected chi connectivity index (χ0v) is 17.2. The minimum atomic E-state index is -0.311. The fourth-order valence-electron chi connectivity index (χ4n) is 2.97. The molecule has 0 spiro atoms. The van der Waals surface area contributed by atoms with Gasteiger partial charge in [-0.25, -0.2) is 9.07 Å². The number of aromatic nitrogens is 2. The molecule has 8 heteroatoms. The second-order valence-corrected chi connectivity index (χ2v) is 9.10. The normalized spacial score (nSPS) is 13.3. The minimum absolute atomic E-state index is 0.0178. The second-order valence-electron chi connectivity index (χ2n) is 8.11. The van der Waals surface area contributed by atoms with Crippen LogP contribution in [0.4, 0.5) is 10.2 Å². The Kier molecular flexibility index (Phi) is 6.07. The Bertz CT molecular complexity index is 872. The van der Waals surface area contributed by atoms with E-state index in [1.54, 1.807) is 28.6 Å². The van der Waals surface area contributed by atoms with Gasteiger partial charge in [0, 0.05) is 30.0 Å². The molecule has 2 N–H and O–H groups in total. The van der Waals surface area contributed by atoms with Crippen LogP contribution in [0.15, 0.2) is 24.3 Å². The van der Waals surface area contributed by atoms with Gasteiger partial charge in [0.2, 0.25) is 11.8 Å². The predicted molar refractivity (Wildman–Crippen MR) is 108 cm³/mol. The lowest BCUT2D eigenvalue weighted by molar-refractivity contribution is -0.122. The van der Waals surface area contributed by atoms with Gasteiger partial charge in [0.25, 0.3) is 0 Å². The standard InChI is InChI=1S/C20H25FN4O2S/c1-20(2,3)8-17(26)23-19-15-11-28-12-16(15)24-25(19)10-18(27)22-9-13-4-6-14(21)7-5-13/h4-7H,8-12H2,1-3H3,(H,22,27)(H,23,26). The van der Waals surface area contributed by atoms with Gasteiger partial charge in [0.1, 0.15) is 18.2 Å². The molecule has 28 heavy (non-hydrogen) atoms. The highest BCUT2D eigenvalue weighted by Gasteiger charge is 2.26. The molecule has 1 aromatic heterocycles. The van der Waals surface area contributed by atoms with E-state index < -0.39 is 0 Å². The zero-order chi connectivity index (χ0) is 20.3. The van der Waals surface area contributed by atoms with Crippen LogP contribution in [0.2, 0.25) is 0 Å². The third-order valence-corrected chi connectivity index (χ3v) is 5.23. The molecule has 3 rings (SSSR count). The predicted octanol–water partition coefficient (Wildman–Crippen LogP) is 3.46. The van der Waals surface area contributed by atoms with Crippen molar-refractivity contribution in [1.29, 1.82) is 0 Å². The summed E-state index contributed by atoms with van der Waals surface area (Å²) in [6, 6.07) is 5.99. The first-order chi connectivity index (χ1) is 13.2. The first-order valence-corrected chi connectivity index (χ1v) is 10.3. The van der Waals surface area contributed by atoms with Crippen molar-refractivity contribution in [3.8, 4) is 0 Å². The molecule has 0 radical (unpaired) electrons. The first-order valence-electron chi connectivity index (χ1n) is 9.18. The van der Waals surface area contributed by atoms with Crippen LogP contribution in [-0.2, 0) is 34.2 Å². The van der Waals surface area contributed by atoms with Crippen LogP contribution in [0.5, 0.6) is 0 Å². The fraction of sp³-hybridized carbons (Fsp3) is 0.450. The highest BCUT2D eigenvalue weighted by atomic mass is 32.2. The maximum Gasteiger partial charge on any atom is 0.242 e. The van der Waals surface area contributed by atoms with E-state index in [2.05, 4.69) is 15.7 Å². The number of nitrogens with zero attached hydrogens (tertiary/aromatic N) is 2. The van der Waals surface area contributed by atoms with Gasteiger partial charge in [0.05, 0.1) is 5.69 Å². The molecule has 0 unspecified atom stereocenters. The Hall–Kier alpha value is -2.35. The molecule has 0 bridgehead atoms. The molecule has 2 aromatic rings. The van der Waals surface area contributed by atoms with E-state index in [-0.39, 0.29) is 29.6 Å². The Morgan fingerprint density at radius 2 is 1.89 bits per heavy atom. The zero-order valence-electron chi connectivity index (χ0n) is 16.3. The summed E-state index contributed by atoms with van der Waals surface area (Å²) in [5.41, 5.74) is 2.60. The number of thioether (sulfide) groups is 1. The van der Waals surface area contributed by atoms with Crippen LogP contribution < -0.4 is 10.6 Å². The number of carbonyl (C=O) groups excluding carboxylic acids is 2. The highest BCUT2D eigenvalue weighted by Crippen LogP contribution is 2.35. The van der Waals surface area contributed by atoms with Gasteiger partial charge < -0.3 is 10.6 Å². The van der Waals surface area contributed by atoms with Crippen LogP contribution in [0.25, 0.3) is 0 Å². The van der Waals surface area contributed by atoms with E-state index in [4.69, 9.17) is 0 Å². The van der Waals surface area contributed by atoms with Crippen molar-refractivity contribution >= 4 is 29.4 Å². The number of rotatable bonds is 6. The molecule has 6 nitrogen and oxygen atoms in total. The number of halogens is 1. The average Bonchev–Trinajstić information content (AvgIpc) is 3.16. The first kappa shape index (κ1) is 20.4. The lowest BCUT2D eigenvalue weighted by atomic mass is 9.92. The second kappa shape index (κ2) is 8.34. The lowest BCUT2D eigenvalue weighted by Crippen LogP contribution is -2.29. The smallest absolute Gasteiger partial charge is 0.242 e. The SMILES string of the molecule is CC(C)(C)CC(=O)Nc1c2c(nn1CC(=O)NCc1ccc(F)cc1)CSC2. The maximum atomic E-state index is 13.0. The van der Waals surface area contributed by atoms with Crippen LogP contribution >= 0.6 is 11.8 Å². The number of hydrogen-bond acceptors (Lipinski definition) is 4. The van der Waals surface area contributed by atoms with E-state index in [1.165, 1.54) is 12.1 Å². The minimum Gasteiger partial charge on any atom is -0.350 e. The quantitative estimate of drug-likeness (QED) is 0.773. The molecular weight excluding hydrogens is 379 g/mol. The molecule has 150 valence electrons. The van der Waals surface area contributed by atoms with Gasteiger partial charge in [-0.05, 0) is 23.1 Å². The van der Waals surface area contributed by atoms with Gasteiger partial charge in [0.15, 0.2) is 0 Å². The average molecular weight is 405 g/mol. The summed E-state index contributed by atoms with van der Waals surface area (Å²) < 4.78 is 14.5. The van der Waals surface area contributed by atoms with Gasteiger partial charge in [-0.15, -0.1) is 0 Å².